The first-order valence-corrected chi connectivity index (χ1v) is 6.04. The topological polar surface area (TPSA) is 84.3 Å². The highest BCUT2D eigenvalue weighted by Gasteiger charge is 2.07. The number of anilines is 1. The van der Waals surface area contributed by atoms with Crippen LogP contribution in [0.4, 0.5) is 5.95 Å². The van der Waals surface area contributed by atoms with Crippen molar-refractivity contribution in [2.45, 2.75) is 26.7 Å². The molecule has 2 N–H and O–H groups in total. The van der Waals surface area contributed by atoms with E-state index in [1.54, 1.807) is 6.92 Å². The summed E-state index contributed by atoms with van der Waals surface area (Å²) >= 11 is 0. The van der Waals surface area contributed by atoms with E-state index in [1.165, 1.54) is 6.07 Å². The van der Waals surface area contributed by atoms with Gasteiger partial charge in [-0.3, -0.25) is 0 Å². The molecule has 1 aromatic heterocycles. The molecular formula is C12H19N3O3. The maximum absolute atomic E-state index is 10.8. The summed E-state index contributed by atoms with van der Waals surface area (Å²) in [7, 11) is 0. The van der Waals surface area contributed by atoms with Crippen molar-refractivity contribution in [1.82, 2.24) is 9.97 Å². The van der Waals surface area contributed by atoms with Gasteiger partial charge in [-0.05, 0) is 19.4 Å². The number of nitrogens with zero attached hydrogens (tertiary/aromatic N) is 2. The quantitative estimate of drug-likeness (QED) is 0.686. The van der Waals surface area contributed by atoms with Crippen LogP contribution in [-0.2, 0) is 4.74 Å². The Morgan fingerprint density at radius 2 is 2.22 bits per heavy atom. The number of aromatic nitrogens is 2. The van der Waals surface area contributed by atoms with Crippen molar-refractivity contribution < 1.29 is 14.6 Å². The molecule has 0 amide bonds. The molecule has 6 nitrogen and oxygen atoms in total. The number of nitrogens with one attached hydrogen (secondary N) is 1. The molecule has 0 atom stereocenters. The third-order valence-corrected chi connectivity index (χ3v) is 2.25. The highest BCUT2D eigenvalue weighted by atomic mass is 16.5. The Labute approximate surface area is 106 Å². The molecule has 0 spiro atoms. The molecule has 0 bridgehead atoms. The fraction of sp³-hybridized carbons (Fsp3) is 0.583. The minimum atomic E-state index is -1.05. The zero-order valence-electron chi connectivity index (χ0n) is 10.8. The van der Waals surface area contributed by atoms with Gasteiger partial charge in [0.15, 0.2) is 5.69 Å². The summed E-state index contributed by atoms with van der Waals surface area (Å²) in [5.41, 5.74) is 0.619. The van der Waals surface area contributed by atoms with E-state index in [4.69, 9.17) is 9.84 Å². The second-order valence-corrected chi connectivity index (χ2v) is 3.92. The summed E-state index contributed by atoms with van der Waals surface area (Å²) in [4.78, 5) is 18.8. The molecule has 0 aliphatic heterocycles. The summed E-state index contributed by atoms with van der Waals surface area (Å²) in [5, 5.41) is 11.8. The van der Waals surface area contributed by atoms with Crippen molar-refractivity contribution in [2.75, 3.05) is 25.1 Å². The molecule has 0 aromatic carbocycles. The number of rotatable bonds is 8. The molecule has 0 aliphatic rings. The van der Waals surface area contributed by atoms with Crippen molar-refractivity contribution in [3.63, 3.8) is 0 Å². The molecule has 1 rings (SSSR count). The van der Waals surface area contributed by atoms with Gasteiger partial charge in [-0.15, -0.1) is 0 Å². The molecular weight excluding hydrogens is 234 g/mol. The van der Waals surface area contributed by atoms with Gasteiger partial charge >= 0.3 is 5.97 Å². The van der Waals surface area contributed by atoms with Gasteiger partial charge in [-0.1, -0.05) is 13.3 Å². The number of ether oxygens (including phenoxy) is 1. The first-order chi connectivity index (χ1) is 8.63. The van der Waals surface area contributed by atoms with E-state index in [0.717, 1.165) is 19.4 Å². The number of aryl methyl sites for hydroxylation is 1. The van der Waals surface area contributed by atoms with Crippen LogP contribution in [0.25, 0.3) is 0 Å². The number of hydrogen-bond donors (Lipinski definition) is 2. The van der Waals surface area contributed by atoms with Gasteiger partial charge in [0.2, 0.25) is 5.95 Å². The van der Waals surface area contributed by atoms with E-state index in [-0.39, 0.29) is 5.69 Å². The van der Waals surface area contributed by atoms with Gasteiger partial charge in [0.05, 0.1) is 6.61 Å². The van der Waals surface area contributed by atoms with Crippen LogP contribution in [-0.4, -0.2) is 40.8 Å². The highest BCUT2D eigenvalue weighted by molar-refractivity contribution is 5.85. The summed E-state index contributed by atoms with van der Waals surface area (Å²) in [5.74, 6) is -0.728. The second-order valence-electron chi connectivity index (χ2n) is 3.92. The standard InChI is InChI=1S/C12H19N3O3/c1-3-4-6-18-7-5-13-12-14-9(2)8-10(15-12)11(16)17/h8H,3-7H2,1-2H3,(H,16,17)(H,13,14,15). The predicted octanol–water partition coefficient (Wildman–Crippen LogP) is 1.71. The molecule has 0 aliphatic carbocycles. The summed E-state index contributed by atoms with van der Waals surface area (Å²) in [6, 6.07) is 1.44. The zero-order valence-corrected chi connectivity index (χ0v) is 10.8. The Hall–Kier alpha value is -1.69. The Balaban J connectivity index is 2.40. The Morgan fingerprint density at radius 1 is 1.44 bits per heavy atom. The molecule has 18 heavy (non-hydrogen) atoms. The number of aromatic carboxylic acids is 1. The summed E-state index contributed by atoms with van der Waals surface area (Å²) in [6.07, 6.45) is 2.15. The lowest BCUT2D eigenvalue weighted by Crippen LogP contribution is -2.14. The average Bonchev–Trinajstić information content (AvgIpc) is 2.33. The third-order valence-electron chi connectivity index (χ3n) is 2.25. The molecule has 1 aromatic rings. The normalized spacial score (nSPS) is 10.3. The molecule has 1 heterocycles. The molecule has 0 unspecified atom stereocenters. The van der Waals surface area contributed by atoms with E-state index in [2.05, 4.69) is 22.2 Å². The minimum Gasteiger partial charge on any atom is -0.477 e. The van der Waals surface area contributed by atoms with Crippen LogP contribution in [0.2, 0.25) is 0 Å². The molecule has 0 saturated heterocycles. The van der Waals surface area contributed by atoms with Crippen LogP contribution < -0.4 is 5.32 Å². The number of unbranched alkanes of at least 4 members (excludes halogenated alkanes) is 1. The number of carbonyl (C=O) groups is 1. The molecule has 0 saturated carbocycles. The van der Waals surface area contributed by atoms with Crippen molar-refractivity contribution in [3.8, 4) is 0 Å². The van der Waals surface area contributed by atoms with Crippen LogP contribution in [0, 0.1) is 6.92 Å². The van der Waals surface area contributed by atoms with Gasteiger partial charge in [0.1, 0.15) is 0 Å². The smallest absolute Gasteiger partial charge is 0.354 e. The van der Waals surface area contributed by atoms with Crippen molar-refractivity contribution in [1.29, 1.82) is 0 Å². The molecule has 0 fully saturated rings. The second kappa shape index (κ2) is 7.60. The first kappa shape index (κ1) is 14.4. The van der Waals surface area contributed by atoms with Gasteiger partial charge < -0.3 is 15.2 Å². The maximum atomic E-state index is 10.8. The van der Waals surface area contributed by atoms with Gasteiger partial charge in [-0.2, -0.15) is 0 Å². The lowest BCUT2D eigenvalue weighted by Gasteiger charge is -2.07. The van der Waals surface area contributed by atoms with Crippen LogP contribution in [0.1, 0.15) is 35.9 Å². The summed E-state index contributed by atoms with van der Waals surface area (Å²) in [6.45, 7) is 5.70. The molecule has 0 radical (unpaired) electrons. The average molecular weight is 253 g/mol. The third kappa shape index (κ3) is 5.09. The largest absolute Gasteiger partial charge is 0.477 e. The van der Waals surface area contributed by atoms with Crippen LogP contribution in [0.5, 0.6) is 0 Å². The molecule has 6 heteroatoms. The van der Waals surface area contributed by atoms with E-state index in [0.29, 0.717) is 24.8 Å². The molecule has 100 valence electrons. The fourth-order valence-electron chi connectivity index (χ4n) is 1.34. The maximum Gasteiger partial charge on any atom is 0.354 e. The monoisotopic (exact) mass is 253 g/mol. The van der Waals surface area contributed by atoms with E-state index in [1.807, 2.05) is 0 Å². The number of carboxylic acids is 1. The van der Waals surface area contributed by atoms with E-state index < -0.39 is 5.97 Å². The van der Waals surface area contributed by atoms with Crippen LogP contribution in [0.3, 0.4) is 0 Å². The van der Waals surface area contributed by atoms with Crippen molar-refractivity contribution >= 4 is 11.9 Å². The van der Waals surface area contributed by atoms with Gasteiger partial charge in [-0.25, -0.2) is 14.8 Å². The van der Waals surface area contributed by atoms with Crippen molar-refractivity contribution in [2.24, 2.45) is 0 Å². The fourth-order valence-corrected chi connectivity index (χ4v) is 1.34. The number of hydrogen-bond acceptors (Lipinski definition) is 5. The summed E-state index contributed by atoms with van der Waals surface area (Å²) < 4.78 is 5.37. The SMILES string of the molecule is CCCCOCCNc1nc(C)cc(C(=O)O)n1. The Morgan fingerprint density at radius 3 is 2.89 bits per heavy atom. The lowest BCUT2D eigenvalue weighted by molar-refractivity contribution is 0.0690. The Kier molecular flexibility index (Phi) is 6.07. The van der Waals surface area contributed by atoms with Crippen LogP contribution in [0.15, 0.2) is 6.07 Å². The van der Waals surface area contributed by atoms with E-state index >= 15 is 0 Å². The Bertz CT molecular complexity index is 396. The lowest BCUT2D eigenvalue weighted by atomic mass is 10.3. The number of carboxylic acid groups (broad SMARTS) is 1. The zero-order chi connectivity index (χ0) is 13.4. The van der Waals surface area contributed by atoms with Gasteiger partial charge in [0.25, 0.3) is 0 Å². The van der Waals surface area contributed by atoms with Crippen LogP contribution >= 0.6 is 0 Å². The minimum absolute atomic E-state index is 0.00287. The predicted molar refractivity (Wildman–Crippen MR) is 67.9 cm³/mol. The first-order valence-electron chi connectivity index (χ1n) is 6.04. The highest BCUT2D eigenvalue weighted by Crippen LogP contribution is 2.04. The van der Waals surface area contributed by atoms with Crippen molar-refractivity contribution in [3.05, 3.63) is 17.5 Å². The van der Waals surface area contributed by atoms with Gasteiger partial charge in [0, 0.05) is 18.8 Å². The van der Waals surface area contributed by atoms with E-state index in [9.17, 15) is 4.79 Å².